The zero-order valence-corrected chi connectivity index (χ0v) is 6.79. The van der Waals surface area contributed by atoms with Crippen LogP contribution in [0.3, 0.4) is 0 Å². The van der Waals surface area contributed by atoms with Gasteiger partial charge in [-0.05, 0) is 11.6 Å². The molecule has 1 aliphatic heterocycles. The van der Waals surface area contributed by atoms with E-state index in [9.17, 15) is 0 Å². The molecule has 0 amide bonds. The Labute approximate surface area is 71.0 Å². The molecule has 0 bridgehead atoms. The molecule has 0 N–H and O–H groups in total. The Morgan fingerprint density at radius 1 is 1.25 bits per heavy atom. The Balaban J connectivity index is 2.42. The van der Waals surface area contributed by atoms with Crippen LogP contribution in [0.15, 0.2) is 24.3 Å². The molecule has 1 aliphatic carbocycles. The largest absolute Gasteiger partial charge is 0.497 e. The Kier molecular flexibility index (Phi) is 1.12. The van der Waals surface area contributed by atoms with E-state index in [4.69, 9.17) is 4.74 Å². The van der Waals surface area contributed by atoms with Crippen LogP contribution in [0.4, 0.5) is 0 Å². The van der Waals surface area contributed by atoms with Gasteiger partial charge in [0.2, 0.25) is 0 Å². The first-order chi connectivity index (χ1) is 5.95. The van der Waals surface area contributed by atoms with Crippen molar-refractivity contribution in [3.63, 3.8) is 0 Å². The second kappa shape index (κ2) is 2.13. The molecule has 1 aromatic carbocycles. The van der Waals surface area contributed by atoms with Crippen LogP contribution in [0, 0.1) is 5.92 Å². The van der Waals surface area contributed by atoms with E-state index in [1.807, 2.05) is 0 Å². The highest BCUT2D eigenvalue weighted by atomic mass is 16.5. The van der Waals surface area contributed by atoms with Gasteiger partial charge in [-0.2, -0.15) is 0 Å². The molecule has 0 spiro atoms. The van der Waals surface area contributed by atoms with Crippen molar-refractivity contribution >= 4 is 11.8 Å². The number of rotatable bonds is 0. The maximum absolute atomic E-state index is 5.59. The molecule has 1 atom stereocenters. The summed E-state index contributed by atoms with van der Waals surface area (Å²) < 4.78 is 5.59. The van der Waals surface area contributed by atoms with Gasteiger partial charge in [0.15, 0.2) is 0 Å². The van der Waals surface area contributed by atoms with Crippen molar-refractivity contribution in [2.24, 2.45) is 5.92 Å². The van der Waals surface area contributed by atoms with Gasteiger partial charge in [-0.3, -0.25) is 0 Å². The molecule has 60 valence electrons. The van der Waals surface area contributed by atoms with Crippen LogP contribution in [-0.4, -0.2) is 6.61 Å². The molecule has 2 aliphatic rings. The molecule has 1 heterocycles. The maximum Gasteiger partial charge on any atom is 0.111 e. The summed E-state index contributed by atoms with van der Waals surface area (Å²) >= 11 is 0. The van der Waals surface area contributed by atoms with Gasteiger partial charge in [-0.1, -0.05) is 30.3 Å². The van der Waals surface area contributed by atoms with Crippen LogP contribution in [0.2, 0.25) is 0 Å². The maximum atomic E-state index is 5.59. The fourth-order valence-electron chi connectivity index (χ4n) is 2.05. The van der Waals surface area contributed by atoms with E-state index in [0.717, 1.165) is 13.0 Å². The summed E-state index contributed by atoms with van der Waals surface area (Å²) in [6, 6.07) is 8.46. The van der Waals surface area contributed by atoms with Crippen molar-refractivity contribution in [2.75, 3.05) is 6.61 Å². The minimum atomic E-state index is 0.572. The molecule has 1 fully saturated rings. The fraction of sp³-hybridized carbons (Fsp3) is 0.273. The zero-order chi connectivity index (χ0) is 7.97. The van der Waals surface area contributed by atoms with E-state index in [1.165, 1.54) is 16.2 Å². The van der Waals surface area contributed by atoms with Crippen LogP contribution >= 0.6 is 0 Å². The van der Waals surface area contributed by atoms with Crippen LogP contribution in [0.5, 0.6) is 0 Å². The van der Waals surface area contributed by atoms with Crippen molar-refractivity contribution < 1.29 is 4.74 Å². The summed E-state index contributed by atoms with van der Waals surface area (Å²) in [4.78, 5) is 0. The quantitative estimate of drug-likeness (QED) is 0.538. The molecule has 1 unspecified atom stereocenters. The van der Waals surface area contributed by atoms with E-state index >= 15 is 0 Å². The standard InChI is InChI=1S/C11H10O/c1-2-4-10-8(3-1)7-9-5-6-12-11(9)10/h1-4,7,9H,5-6H2. The second-order valence-corrected chi connectivity index (χ2v) is 3.36. The van der Waals surface area contributed by atoms with Crippen molar-refractivity contribution in [1.82, 2.24) is 0 Å². The van der Waals surface area contributed by atoms with E-state index < -0.39 is 0 Å². The normalized spacial score (nSPS) is 24.3. The van der Waals surface area contributed by atoms with Crippen molar-refractivity contribution in [2.45, 2.75) is 6.42 Å². The summed E-state index contributed by atoms with van der Waals surface area (Å²) in [5, 5.41) is 2.65. The Morgan fingerprint density at radius 2 is 2.17 bits per heavy atom. The number of hydrogen-bond acceptors (Lipinski definition) is 1. The minimum absolute atomic E-state index is 0.572. The van der Waals surface area contributed by atoms with Crippen molar-refractivity contribution in [3.05, 3.63) is 34.7 Å². The van der Waals surface area contributed by atoms with Crippen molar-refractivity contribution in [3.8, 4) is 0 Å². The van der Waals surface area contributed by atoms with Gasteiger partial charge in [-0.25, -0.2) is 0 Å². The molecule has 1 nitrogen and oxygen atoms in total. The summed E-state index contributed by atoms with van der Waals surface area (Å²) in [6.07, 6.45) is 3.47. The fourth-order valence-corrected chi connectivity index (χ4v) is 2.05. The first kappa shape index (κ1) is 6.30. The number of hydrogen-bond donors (Lipinski definition) is 0. The second-order valence-electron chi connectivity index (χ2n) is 3.36. The van der Waals surface area contributed by atoms with Crippen LogP contribution in [-0.2, 0) is 4.74 Å². The van der Waals surface area contributed by atoms with E-state index in [2.05, 4.69) is 30.3 Å². The third-order valence-electron chi connectivity index (χ3n) is 2.63. The highest BCUT2D eigenvalue weighted by molar-refractivity contribution is 5.59. The molecule has 1 heteroatoms. The topological polar surface area (TPSA) is 9.23 Å². The Hall–Kier alpha value is -1.24. The van der Waals surface area contributed by atoms with E-state index in [1.54, 1.807) is 0 Å². The van der Waals surface area contributed by atoms with Gasteiger partial charge in [0, 0.05) is 11.1 Å². The lowest BCUT2D eigenvalue weighted by Gasteiger charge is -1.97. The van der Waals surface area contributed by atoms with Crippen molar-refractivity contribution in [1.29, 1.82) is 0 Å². The van der Waals surface area contributed by atoms with E-state index in [0.29, 0.717) is 5.92 Å². The van der Waals surface area contributed by atoms with Gasteiger partial charge >= 0.3 is 0 Å². The lowest BCUT2D eigenvalue weighted by molar-refractivity contribution is 0.315. The predicted octanol–water partition coefficient (Wildman–Crippen LogP) is 0.625. The van der Waals surface area contributed by atoms with E-state index in [-0.39, 0.29) is 0 Å². The molecule has 12 heavy (non-hydrogen) atoms. The highest BCUT2D eigenvalue weighted by Gasteiger charge is 2.24. The Morgan fingerprint density at radius 3 is 3.17 bits per heavy atom. The van der Waals surface area contributed by atoms with Gasteiger partial charge < -0.3 is 4.74 Å². The first-order valence-electron chi connectivity index (χ1n) is 4.39. The third kappa shape index (κ3) is 0.685. The van der Waals surface area contributed by atoms with Crippen LogP contribution in [0.25, 0.3) is 11.8 Å². The first-order valence-corrected chi connectivity index (χ1v) is 4.39. The SMILES string of the molecule is C1=c2ccccc2=C2OCCC12. The number of benzene rings is 1. The van der Waals surface area contributed by atoms with Crippen LogP contribution < -0.4 is 10.4 Å². The average molecular weight is 158 g/mol. The lowest BCUT2D eigenvalue weighted by Crippen LogP contribution is -2.22. The molecule has 0 saturated carbocycles. The predicted molar refractivity (Wildman–Crippen MR) is 47.6 cm³/mol. The molecule has 1 saturated heterocycles. The highest BCUT2D eigenvalue weighted by Crippen LogP contribution is 2.27. The number of ether oxygens (including phenoxy) is 1. The summed E-state index contributed by atoms with van der Waals surface area (Å²) in [6.45, 7) is 0.894. The zero-order valence-electron chi connectivity index (χ0n) is 6.79. The third-order valence-corrected chi connectivity index (χ3v) is 2.63. The molecule has 1 aromatic rings. The average Bonchev–Trinajstić information content (AvgIpc) is 2.62. The monoisotopic (exact) mass is 158 g/mol. The molecular formula is C11H10O. The number of fused-ring (bicyclic) bond motifs is 2. The molecule has 0 radical (unpaired) electrons. The van der Waals surface area contributed by atoms with Gasteiger partial charge in [-0.15, -0.1) is 0 Å². The smallest absolute Gasteiger partial charge is 0.111 e. The Bertz CT molecular complexity index is 431. The van der Waals surface area contributed by atoms with Gasteiger partial charge in [0.25, 0.3) is 0 Å². The molecule has 3 rings (SSSR count). The van der Waals surface area contributed by atoms with Crippen LogP contribution in [0.1, 0.15) is 6.42 Å². The minimum Gasteiger partial charge on any atom is -0.497 e. The summed E-state index contributed by atoms with van der Waals surface area (Å²) in [5.74, 6) is 1.77. The lowest BCUT2D eigenvalue weighted by atomic mass is 10.1. The van der Waals surface area contributed by atoms with Gasteiger partial charge in [0.1, 0.15) is 5.76 Å². The molecule has 0 aromatic heterocycles. The summed E-state index contributed by atoms with van der Waals surface area (Å²) in [5.41, 5.74) is 0. The van der Waals surface area contributed by atoms with Gasteiger partial charge in [0.05, 0.1) is 6.61 Å². The summed E-state index contributed by atoms with van der Waals surface area (Å²) in [7, 11) is 0. The molecular weight excluding hydrogens is 148 g/mol.